The number of rotatable bonds is 4. The van der Waals surface area contributed by atoms with Gasteiger partial charge in [-0.2, -0.15) is 0 Å². The minimum absolute atomic E-state index is 0.0552. The first-order valence-electron chi connectivity index (χ1n) is 7.25. The molecule has 0 saturated heterocycles. The summed E-state index contributed by atoms with van der Waals surface area (Å²) in [5.74, 6) is 0.843. The molecule has 4 nitrogen and oxygen atoms in total. The molecule has 1 aliphatic rings. The second-order valence-electron chi connectivity index (χ2n) is 5.95. The molecule has 21 heavy (non-hydrogen) atoms. The van der Waals surface area contributed by atoms with E-state index in [1.807, 2.05) is 0 Å². The van der Waals surface area contributed by atoms with Gasteiger partial charge in [0.05, 0.1) is 18.2 Å². The maximum Gasteiger partial charge on any atom is 0.255 e. The fraction of sp³-hybridized carbons (Fsp3) is 0.562. The van der Waals surface area contributed by atoms with E-state index in [-0.39, 0.29) is 22.8 Å². The van der Waals surface area contributed by atoms with Gasteiger partial charge in [-0.15, -0.1) is 0 Å². The summed E-state index contributed by atoms with van der Waals surface area (Å²) in [4.78, 5) is 12.5. The van der Waals surface area contributed by atoms with Gasteiger partial charge >= 0.3 is 0 Å². The lowest BCUT2D eigenvalue weighted by Crippen LogP contribution is -2.52. The molecule has 0 heterocycles. The number of carbonyl (C=O) groups is 1. The summed E-state index contributed by atoms with van der Waals surface area (Å²) in [6.45, 7) is 2.22. The zero-order chi connectivity index (χ0) is 15.5. The molecule has 2 N–H and O–H groups in total. The van der Waals surface area contributed by atoms with Crippen LogP contribution in [0.1, 0.15) is 43.0 Å². The zero-order valence-electron chi connectivity index (χ0n) is 12.5. The van der Waals surface area contributed by atoms with Crippen LogP contribution in [-0.2, 0) is 0 Å². The van der Waals surface area contributed by atoms with Crippen LogP contribution in [0, 0.1) is 5.92 Å². The summed E-state index contributed by atoms with van der Waals surface area (Å²) in [6.07, 6.45) is 4.24. The van der Waals surface area contributed by atoms with Crippen LogP contribution < -0.4 is 10.1 Å². The summed E-state index contributed by atoms with van der Waals surface area (Å²) in [5, 5.41) is 13.8. The largest absolute Gasteiger partial charge is 0.507 e. The molecule has 116 valence electrons. The van der Waals surface area contributed by atoms with Gasteiger partial charge in [-0.05, 0) is 30.9 Å². The summed E-state index contributed by atoms with van der Waals surface area (Å²) in [6, 6.07) is 4.73. The van der Waals surface area contributed by atoms with Crippen molar-refractivity contribution in [2.24, 2.45) is 5.92 Å². The Morgan fingerprint density at radius 3 is 2.90 bits per heavy atom. The Morgan fingerprint density at radius 2 is 2.33 bits per heavy atom. The molecule has 1 aromatic rings. The van der Waals surface area contributed by atoms with Crippen molar-refractivity contribution < 1.29 is 14.6 Å². The lowest BCUT2D eigenvalue weighted by molar-refractivity contribution is 0.0867. The van der Waals surface area contributed by atoms with Crippen LogP contribution in [0.25, 0.3) is 0 Å². The molecule has 0 radical (unpaired) electrons. The number of amides is 1. The van der Waals surface area contributed by atoms with Gasteiger partial charge < -0.3 is 15.2 Å². The number of phenols is 1. The number of nitrogens with one attached hydrogen (secondary N) is 1. The molecular weight excluding hydrogens is 334 g/mol. The number of ether oxygens (including phenoxy) is 1. The van der Waals surface area contributed by atoms with Crippen molar-refractivity contribution in [1.29, 1.82) is 0 Å². The van der Waals surface area contributed by atoms with Crippen LogP contribution in [0.3, 0.4) is 0 Å². The molecule has 5 heteroatoms. The molecule has 1 amide bonds. The number of hydrogen-bond donors (Lipinski definition) is 2. The zero-order valence-corrected chi connectivity index (χ0v) is 14.1. The predicted octanol–water partition coefficient (Wildman–Crippen LogP) is 3.47. The third kappa shape index (κ3) is 3.70. The van der Waals surface area contributed by atoms with Gasteiger partial charge in [0.2, 0.25) is 0 Å². The van der Waals surface area contributed by atoms with Crippen molar-refractivity contribution in [3.8, 4) is 11.5 Å². The fourth-order valence-corrected chi connectivity index (χ4v) is 3.72. The highest BCUT2D eigenvalue weighted by Gasteiger charge is 2.35. The van der Waals surface area contributed by atoms with Gasteiger partial charge in [0, 0.05) is 11.4 Å². The van der Waals surface area contributed by atoms with Crippen molar-refractivity contribution in [1.82, 2.24) is 5.32 Å². The third-order valence-corrected chi connectivity index (χ3v) is 5.25. The number of carbonyl (C=O) groups excluding carboxylic acids is 1. The lowest BCUT2D eigenvalue weighted by Gasteiger charge is -2.39. The Labute approximate surface area is 134 Å². The van der Waals surface area contributed by atoms with Crippen molar-refractivity contribution in [2.75, 3.05) is 12.4 Å². The number of alkyl halides is 1. The summed E-state index contributed by atoms with van der Waals surface area (Å²) in [5.41, 5.74) is 0.0653. The number of phenolic OH excluding ortho intramolecular Hbond substituents is 1. The molecule has 0 spiro atoms. The minimum Gasteiger partial charge on any atom is -0.507 e. The van der Waals surface area contributed by atoms with Crippen LogP contribution in [0.2, 0.25) is 0 Å². The molecule has 2 rings (SSSR count). The lowest BCUT2D eigenvalue weighted by atomic mass is 9.77. The van der Waals surface area contributed by atoms with Gasteiger partial charge in [-0.1, -0.05) is 35.7 Å². The van der Waals surface area contributed by atoms with Gasteiger partial charge in [-0.3, -0.25) is 4.79 Å². The van der Waals surface area contributed by atoms with Gasteiger partial charge in [0.15, 0.2) is 0 Å². The normalized spacial score (nSPS) is 25.4. The first-order valence-corrected chi connectivity index (χ1v) is 8.37. The SMILES string of the molecule is COc1ccc(C(=O)NC2(CBr)CCCC(C)C2)c(O)c1. The number of benzene rings is 1. The van der Waals surface area contributed by atoms with Crippen LogP contribution in [0.15, 0.2) is 18.2 Å². The van der Waals surface area contributed by atoms with E-state index in [0.29, 0.717) is 11.7 Å². The average molecular weight is 356 g/mol. The van der Waals surface area contributed by atoms with E-state index >= 15 is 0 Å². The van der Waals surface area contributed by atoms with E-state index in [1.54, 1.807) is 12.1 Å². The van der Waals surface area contributed by atoms with E-state index in [9.17, 15) is 9.90 Å². The van der Waals surface area contributed by atoms with E-state index in [2.05, 4.69) is 28.2 Å². The Kier molecular flexibility index (Phi) is 5.14. The molecule has 0 aromatic heterocycles. The van der Waals surface area contributed by atoms with Crippen molar-refractivity contribution in [2.45, 2.75) is 38.1 Å². The fourth-order valence-electron chi connectivity index (χ4n) is 3.07. The molecule has 2 unspecified atom stereocenters. The standard InChI is InChI=1S/C16H22BrNO3/c1-11-4-3-7-16(9-11,10-17)18-15(20)13-6-5-12(21-2)8-14(13)19/h5-6,8,11,19H,3-4,7,9-10H2,1-2H3,(H,18,20). The Bertz CT molecular complexity index is 520. The predicted molar refractivity (Wildman–Crippen MR) is 86.3 cm³/mol. The number of aromatic hydroxyl groups is 1. The number of hydrogen-bond acceptors (Lipinski definition) is 3. The maximum absolute atomic E-state index is 12.5. The Morgan fingerprint density at radius 1 is 1.57 bits per heavy atom. The van der Waals surface area contributed by atoms with Crippen LogP contribution >= 0.6 is 15.9 Å². The smallest absolute Gasteiger partial charge is 0.255 e. The molecule has 1 fully saturated rings. The first-order chi connectivity index (χ1) is 9.99. The summed E-state index contributed by atoms with van der Waals surface area (Å²) < 4.78 is 5.04. The second kappa shape index (κ2) is 6.69. The molecule has 1 saturated carbocycles. The van der Waals surface area contributed by atoms with Crippen molar-refractivity contribution in [3.05, 3.63) is 23.8 Å². The molecule has 2 atom stereocenters. The molecule has 0 aliphatic heterocycles. The van der Waals surface area contributed by atoms with Crippen molar-refractivity contribution in [3.63, 3.8) is 0 Å². The third-order valence-electron chi connectivity index (χ3n) is 4.18. The van der Waals surface area contributed by atoms with Gasteiger partial charge in [-0.25, -0.2) is 0 Å². The van der Waals surface area contributed by atoms with E-state index in [1.165, 1.54) is 19.6 Å². The minimum atomic E-state index is -0.233. The second-order valence-corrected chi connectivity index (χ2v) is 6.51. The highest BCUT2D eigenvalue weighted by molar-refractivity contribution is 9.09. The van der Waals surface area contributed by atoms with Crippen molar-refractivity contribution >= 4 is 21.8 Å². The molecule has 1 aliphatic carbocycles. The maximum atomic E-state index is 12.5. The molecule has 0 bridgehead atoms. The quantitative estimate of drug-likeness (QED) is 0.813. The van der Waals surface area contributed by atoms with E-state index < -0.39 is 0 Å². The topological polar surface area (TPSA) is 58.6 Å². The van der Waals surface area contributed by atoms with Gasteiger partial charge in [0.1, 0.15) is 11.5 Å². The van der Waals surface area contributed by atoms with Gasteiger partial charge in [0.25, 0.3) is 5.91 Å². The summed E-state index contributed by atoms with van der Waals surface area (Å²) >= 11 is 3.54. The first kappa shape index (κ1) is 16.1. The highest BCUT2D eigenvalue weighted by Crippen LogP contribution is 2.34. The highest BCUT2D eigenvalue weighted by atomic mass is 79.9. The monoisotopic (exact) mass is 355 g/mol. The van der Waals surface area contributed by atoms with Crippen LogP contribution in [-0.4, -0.2) is 29.0 Å². The Hall–Kier alpha value is -1.23. The average Bonchev–Trinajstić information content (AvgIpc) is 2.46. The van der Waals surface area contributed by atoms with Crippen LogP contribution in [0.5, 0.6) is 11.5 Å². The molecular formula is C16H22BrNO3. The molecule has 1 aromatic carbocycles. The summed E-state index contributed by atoms with van der Waals surface area (Å²) in [7, 11) is 1.53. The van der Waals surface area contributed by atoms with E-state index in [0.717, 1.165) is 24.6 Å². The number of halogens is 1. The van der Waals surface area contributed by atoms with E-state index in [4.69, 9.17) is 4.74 Å². The Balaban J connectivity index is 2.16. The number of methoxy groups -OCH3 is 1. The van der Waals surface area contributed by atoms with Crippen LogP contribution in [0.4, 0.5) is 0 Å².